The number of carbonyl (C=O) groups excluding carboxylic acids is 1. The van der Waals surface area contributed by atoms with Crippen LogP contribution in [0.4, 0.5) is 22.0 Å². The quantitative estimate of drug-likeness (QED) is 0.276. The number of hydrogen-bond acceptors (Lipinski definition) is 3. The van der Waals surface area contributed by atoms with Crippen molar-refractivity contribution in [2.24, 2.45) is 10.9 Å². The Morgan fingerprint density at radius 3 is 2.14 bits per heavy atom. The first-order valence-electron chi connectivity index (χ1n) is 5.77. The molecule has 0 aliphatic carbocycles. The number of hydrogen-bond donors (Lipinski definition) is 0. The monoisotopic (exact) mass is 305 g/mol. The van der Waals surface area contributed by atoms with Gasteiger partial charge in [0.05, 0.1) is 5.92 Å². The normalized spacial score (nSPS) is 17.6. The molecule has 1 aromatic carbocycles. The highest BCUT2D eigenvalue weighted by Crippen LogP contribution is 2.30. The molecule has 0 saturated carbocycles. The van der Waals surface area contributed by atoms with Gasteiger partial charge in [0, 0.05) is 11.9 Å². The van der Waals surface area contributed by atoms with Crippen LogP contribution in [0.15, 0.2) is 16.8 Å². The second-order valence-electron chi connectivity index (χ2n) is 4.28. The Kier molecular flexibility index (Phi) is 4.06. The topological polar surface area (TPSA) is 38.7 Å². The average Bonchev–Trinajstić information content (AvgIpc) is 2.47. The fourth-order valence-electron chi connectivity index (χ4n) is 1.73. The van der Waals surface area contributed by atoms with Crippen LogP contribution in [0.2, 0.25) is 0 Å². The van der Waals surface area contributed by atoms with Crippen molar-refractivity contribution in [2.45, 2.75) is 13.3 Å². The van der Waals surface area contributed by atoms with Crippen LogP contribution in [-0.4, -0.2) is 12.2 Å². The second-order valence-corrected chi connectivity index (χ2v) is 4.28. The van der Waals surface area contributed by atoms with Gasteiger partial charge in [-0.2, -0.15) is 8.78 Å². The number of benzene rings is 1. The third-order valence-electron chi connectivity index (χ3n) is 2.77. The molecule has 1 heterocycles. The Morgan fingerprint density at radius 1 is 1.10 bits per heavy atom. The maximum Gasteiger partial charge on any atom is 0.318 e. The third kappa shape index (κ3) is 2.79. The van der Waals surface area contributed by atoms with Crippen molar-refractivity contribution in [3.05, 3.63) is 40.9 Å². The zero-order chi connectivity index (χ0) is 15.7. The minimum Gasteiger partial charge on any atom is -0.420 e. The summed E-state index contributed by atoms with van der Waals surface area (Å²) in [6.07, 6.45) is 2.86. The largest absolute Gasteiger partial charge is 0.420 e. The van der Waals surface area contributed by atoms with Crippen molar-refractivity contribution >= 4 is 12.2 Å². The van der Waals surface area contributed by atoms with E-state index in [9.17, 15) is 26.7 Å². The Hall–Kier alpha value is -2.25. The van der Waals surface area contributed by atoms with Crippen molar-refractivity contribution in [3.63, 3.8) is 0 Å². The number of halogens is 5. The zero-order valence-corrected chi connectivity index (χ0v) is 10.6. The predicted molar refractivity (Wildman–Crippen MR) is 62.2 cm³/mol. The van der Waals surface area contributed by atoms with Gasteiger partial charge in [-0.1, -0.05) is 0 Å². The van der Waals surface area contributed by atoms with Crippen molar-refractivity contribution in [1.82, 2.24) is 0 Å². The maximum atomic E-state index is 13.4. The van der Waals surface area contributed by atoms with Gasteiger partial charge in [0.25, 0.3) is 0 Å². The van der Waals surface area contributed by atoms with Gasteiger partial charge in [0.2, 0.25) is 34.8 Å². The van der Waals surface area contributed by atoms with E-state index < -0.39 is 46.7 Å². The molecule has 0 N–H and O–H groups in total. The lowest BCUT2D eigenvalue weighted by Gasteiger charge is -2.14. The number of ether oxygens (including phenoxy) is 1. The lowest BCUT2D eigenvalue weighted by molar-refractivity contribution is -0.137. The summed E-state index contributed by atoms with van der Waals surface area (Å²) in [6, 6.07) is 0. The first-order chi connectivity index (χ1) is 9.82. The summed E-state index contributed by atoms with van der Waals surface area (Å²) < 4.78 is 69.9. The summed E-state index contributed by atoms with van der Waals surface area (Å²) in [7, 11) is 0. The number of aliphatic imine (C=N–C) groups is 1. The Bertz CT molecular complexity index is 640. The lowest BCUT2D eigenvalue weighted by atomic mass is 10.0. The molecule has 0 radical (unpaired) electrons. The van der Waals surface area contributed by atoms with Gasteiger partial charge in [-0.3, -0.25) is 9.79 Å². The van der Waals surface area contributed by atoms with E-state index in [-0.39, 0.29) is 6.42 Å². The molecule has 3 nitrogen and oxygen atoms in total. The molecule has 0 saturated heterocycles. The van der Waals surface area contributed by atoms with Crippen LogP contribution in [0, 0.1) is 35.0 Å². The number of rotatable bonds is 2. The Morgan fingerprint density at radius 2 is 1.62 bits per heavy atom. The molecule has 112 valence electrons. The van der Waals surface area contributed by atoms with Crippen LogP contribution in [0.3, 0.4) is 0 Å². The molecule has 1 aliphatic rings. The molecule has 0 fully saturated rings. The highest BCUT2D eigenvalue weighted by Gasteiger charge is 2.30. The molecule has 1 atom stereocenters. The highest BCUT2D eigenvalue weighted by atomic mass is 19.2. The van der Waals surface area contributed by atoms with Crippen LogP contribution < -0.4 is 4.74 Å². The summed E-state index contributed by atoms with van der Waals surface area (Å²) in [5.74, 6) is -14.7. The lowest BCUT2D eigenvalue weighted by Crippen LogP contribution is -2.22. The van der Waals surface area contributed by atoms with E-state index in [0.717, 1.165) is 0 Å². The average molecular weight is 305 g/mol. The molecule has 1 unspecified atom stereocenters. The Balaban J connectivity index is 2.32. The van der Waals surface area contributed by atoms with Crippen molar-refractivity contribution in [2.75, 3.05) is 0 Å². The number of carbonyl (C=O) groups is 1. The summed E-state index contributed by atoms with van der Waals surface area (Å²) in [5, 5.41) is 0. The van der Waals surface area contributed by atoms with E-state index in [1.165, 1.54) is 12.3 Å². The molecular weight excluding hydrogens is 297 g/mol. The van der Waals surface area contributed by atoms with Gasteiger partial charge in [-0.15, -0.1) is 0 Å². The SMILES string of the molecule is CC1=CC(C(=O)Oc2c(F)c(F)c(F)c(F)c2F)CC=N1. The van der Waals surface area contributed by atoms with Gasteiger partial charge >= 0.3 is 5.97 Å². The molecule has 0 bridgehead atoms. The third-order valence-corrected chi connectivity index (χ3v) is 2.77. The summed E-state index contributed by atoms with van der Waals surface area (Å²) >= 11 is 0. The predicted octanol–water partition coefficient (Wildman–Crippen LogP) is 3.28. The molecule has 1 aliphatic heterocycles. The molecule has 0 aromatic heterocycles. The maximum absolute atomic E-state index is 13.4. The molecular formula is C13H8F5NO2. The van der Waals surface area contributed by atoms with Crippen LogP contribution in [0.1, 0.15) is 13.3 Å². The van der Waals surface area contributed by atoms with Crippen LogP contribution >= 0.6 is 0 Å². The molecule has 1 aromatic rings. The second kappa shape index (κ2) is 5.63. The van der Waals surface area contributed by atoms with E-state index in [1.54, 1.807) is 6.92 Å². The molecule has 0 spiro atoms. The molecule has 0 amide bonds. The van der Waals surface area contributed by atoms with Gasteiger partial charge in [0.15, 0.2) is 0 Å². The van der Waals surface area contributed by atoms with Gasteiger partial charge < -0.3 is 4.74 Å². The molecule has 8 heteroatoms. The summed E-state index contributed by atoms with van der Waals surface area (Å²) in [5.41, 5.74) is 0.473. The van der Waals surface area contributed by atoms with Crippen molar-refractivity contribution in [1.29, 1.82) is 0 Å². The van der Waals surface area contributed by atoms with E-state index in [1.807, 2.05) is 0 Å². The molecule has 21 heavy (non-hydrogen) atoms. The number of nitrogens with zero attached hydrogens (tertiary/aromatic N) is 1. The minimum absolute atomic E-state index is 0.103. The first kappa shape index (κ1) is 15.1. The highest BCUT2D eigenvalue weighted by molar-refractivity contribution is 5.81. The van der Waals surface area contributed by atoms with E-state index in [0.29, 0.717) is 5.70 Å². The van der Waals surface area contributed by atoms with Crippen molar-refractivity contribution < 1.29 is 31.5 Å². The van der Waals surface area contributed by atoms with Crippen LogP contribution in [0.25, 0.3) is 0 Å². The van der Waals surface area contributed by atoms with Gasteiger partial charge in [0.1, 0.15) is 0 Å². The Labute approximate surface area is 115 Å². The van der Waals surface area contributed by atoms with Crippen LogP contribution in [-0.2, 0) is 4.79 Å². The van der Waals surface area contributed by atoms with Gasteiger partial charge in [-0.25, -0.2) is 13.2 Å². The fraction of sp³-hybridized carbons (Fsp3) is 0.231. The van der Waals surface area contributed by atoms with Crippen molar-refractivity contribution in [3.8, 4) is 5.75 Å². The smallest absolute Gasteiger partial charge is 0.318 e. The van der Waals surface area contributed by atoms with Gasteiger partial charge in [-0.05, 0) is 19.4 Å². The minimum atomic E-state index is -2.31. The zero-order valence-electron chi connectivity index (χ0n) is 10.6. The van der Waals surface area contributed by atoms with E-state index in [2.05, 4.69) is 9.73 Å². The van der Waals surface area contributed by atoms with E-state index in [4.69, 9.17) is 0 Å². The van der Waals surface area contributed by atoms with Crippen LogP contribution in [0.5, 0.6) is 5.75 Å². The number of allylic oxidation sites excluding steroid dienone is 1. The van der Waals surface area contributed by atoms with E-state index >= 15 is 0 Å². The molecule has 2 rings (SSSR count). The number of esters is 1. The summed E-state index contributed by atoms with van der Waals surface area (Å²) in [4.78, 5) is 15.6. The standard InChI is InChI=1S/C13H8F5NO2/c1-5-4-6(2-3-19-5)13(20)21-12-10(17)8(15)7(14)9(16)11(12)18/h3-4,6H,2H2,1H3. The first-order valence-corrected chi connectivity index (χ1v) is 5.77. The summed E-state index contributed by atoms with van der Waals surface area (Å²) in [6.45, 7) is 1.58. The fourth-order valence-corrected chi connectivity index (χ4v) is 1.73.